The number of hydrogen-bond donors (Lipinski definition) is 0. The summed E-state index contributed by atoms with van der Waals surface area (Å²) >= 11 is 0. The minimum absolute atomic E-state index is 0.0301. The summed E-state index contributed by atoms with van der Waals surface area (Å²) in [6.45, 7) is 20.4. The molecule has 0 amide bonds. The molecule has 0 aliphatic carbocycles. The average Bonchev–Trinajstić information content (AvgIpc) is 2.78. The van der Waals surface area contributed by atoms with Crippen LogP contribution in [0.2, 0.25) is 0 Å². The maximum atomic E-state index is 10.9. The number of rotatable bonds is 9. The zero-order valence-electron chi connectivity index (χ0n) is 23.5. The first-order valence-electron chi connectivity index (χ1n) is 12.2. The van der Waals surface area contributed by atoms with Crippen LogP contribution in [0.4, 0.5) is 0 Å². The summed E-state index contributed by atoms with van der Waals surface area (Å²) in [5.41, 5.74) is 0. The Morgan fingerprint density at radius 2 is 1.62 bits per heavy atom. The summed E-state index contributed by atoms with van der Waals surface area (Å²) in [5.74, 6) is 0.964. The highest BCUT2D eigenvalue weighted by atomic mass is 16.5. The molecule has 1 rings (SSSR count). The third kappa shape index (κ3) is 31.7. The van der Waals surface area contributed by atoms with Gasteiger partial charge in [0.2, 0.25) is 0 Å². The lowest BCUT2D eigenvalue weighted by Gasteiger charge is -2.27. The topological polar surface area (TPSA) is 90.0 Å². The Morgan fingerprint density at radius 1 is 1.09 bits per heavy atom. The zero-order valence-corrected chi connectivity index (χ0v) is 23.5. The smallest absolute Gasteiger partial charge is 0.293 e. The van der Waals surface area contributed by atoms with Gasteiger partial charge in [-0.3, -0.25) is 19.2 Å². The van der Waals surface area contributed by atoms with E-state index in [0.717, 1.165) is 12.8 Å². The predicted octanol–water partition coefficient (Wildman–Crippen LogP) is 5.91. The van der Waals surface area contributed by atoms with E-state index in [2.05, 4.69) is 21.3 Å². The van der Waals surface area contributed by atoms with Crippen molar-refractivity contribution in [2.24, 2.45) is 5.92 Å². The molecule has 7 nitrogen and oxygen atoms in total. The summed E-state index contributed by atoms with van der Waals surface area (Å²) in [6.07, 6.45) is 10.3. The van der Waals surface area contributed by atoms with Gasteiger partial charge in [0.25, 0.3) is 12.9 Å². The van der Waals surface area contributed by atoms with Crippen molar-refractivity contribution in [1.29, 1.82) is 0 Å². The molecule has 0 spiro atoms. The maximum absolute atomic E-state index is 10.9. The number of ether oxygens (including phenoxy) is 2. The molecule has 200 valence electrons. The van der Waals surface area contributed by atoms with Gasteiger partial charge < -0.3 is 14.4 Å². The Bertz CT molecular complexity index is 555. The summed E-state index contributed by atoms with van der Waals surface area (Å²) in [4.78, 5) is 42.7. The van der Waals surface area contributed by atoms with Crippen LogP contribution in [-0.2, 0) is 28.7 Å². The Morgan fingerprint density at radius 3 is 1.88 bits per heavy atom. The van der Waals surface area contributed by atoms with Gasteiger partial charge in [0, 0.05) is 32.1 Å². The quantitative estimate of drug-likeness (QED) is 0.296. The minimum atomic E-state index is 0.0301. The van der Waals surface area contributed by atoms with Crippen LogP contribution in [-0.4, -0.2) is 54.7 Å². The molecule has 0 saturated heterocycles. The molecule has 2 unspecified atom stereocenters. The fourth-order valence-electron chi connectivity index (χ4n) is 2.16. The van der Waals surface area contributed by atoms with E-state index in [0.29, 0.717) is 37.7 Å². The highest BCUT2D eigenvalue weighted by Gasteiger charge is 2.16. The molecule has 0 fully saturated rings. The summed E-state index contributed by atoms with van der Waals surface area (Å²) in [6, 6.07) is 0.428. The van der Waals surface area contributed by atoms with Gasteiger partial charge in [-0.05, 0) is 58.6 Å². The van der Waals surface area contributed by atoms with E-state index in [4.69, 9.17) is 0 Å². The molecular formula is C27H51NO6. The van der Waals surface area contributed by atoms with Crippen LogP contribution in [0.25, 0.3) is 0 Å². The normalized spacial score (nSPS) is 14.8. The van der Waals surface area contributed by atoms with E-state index in [-0.39, 0.29) is 23.8 Å². The monoisotopic (exact) mass is 485 g/mol. The first-order chi connectivity index (χ1) is 16.0. The van der Waals surface area contributed by atoms with Crippen molar-refractivity contribution in [2.75, 3.05) is 7.05 Å². The summed E-state index contributed by atoms with van der Waals surface area (Å²) < 4.78 is 8.87. The van der Waals surface area contributed by atoms with Crippen LogP contribution in [0.5, 0.6) is 0 Å². The van der Waals surface area contributed by atoms with Crippen LogP contribution in [0.15, 0.2) is 24.4 Å². The number of carbonyl (C=O) groups is 4. The Labute approximate surface area is 208 Å². The molecule has 0 aromatic rings. The molecule has 7 heteroatoms. The number of hydrogen-bond acceptors (Lipinski definition) is 7. The van der Waals surface area contributed by atoms with Gasteiger partial charge >= 0.3 is 0 Å². The van der Waals surface area contributed by atoms with Gasteiger partial charge in [-0.25, -0.2) is 0 Å². The second kappa shape index (κ2) is 28.6. The summed E-state index contributed by atoms with van der Waals surface area (Å²) in [7, 11) is 2.01. The van der Waals surface area contributed by atoms with Gasteiger partial charge in [-0.2, -0.15) is 0 Å². The molecule has 34 heavy (non-hydrogen) atoms. The standard InChI is InChI=1S/C8H13NO.C8H14O.C5H10O2.C4H8O2.C2H6/c1-3-7-6-8(10)4-5-9(7)2;1-4-5-8(9)6-7(2)3;1-3-5(2)7-4-6;1-4(2)6-3-5;1-2/h4-5,7H,3,6H2,1-2H3;4-5,7H,6H2,1-3H3;4-5H,3H2,1-2H3;3-4H,1-2H3;1-2H3/b;5-4-;;;. The molecule has 0 N–H and O–H groups in total. The fraction of sp³-hybridized carbons (Fsp3) is 0.704. The zero-order chi connectivity index (χ0) is 27.5. The van der Waals surface area contributed by atoms with Crippen LogP contribution in [0.1, 0.15) is 94.9 Å². The number of ketones is 2. The van der Waals surface area contributed by atoms with Gasteiger partial charge in [0.05, 0.1) is 12.2 Å². The van der Waals surface area contributed by atoms with Crippen molar-refractivity contribution < 1.29 is 28.7 Å². The lowest BCUT2D eigenvalue weighted by molar-refractivity contribution is -0.133. The SMILES string of the molecule is C/C=C\C(=O)CC(C)C.CC.CC(C)OC=O.CCC(C)OC=O.CCC1CC(=O)C=CN1C. The molecule has 0 aromatic carbocycles. The van der Waals surface area contributed by atoms with Crippen LogP contribution in [0.3, 0.4) is 0 Å². The van der Waals surface area contributed by atoms with E-state index in [1.54, 1.807) is 32.1 Å². The van der Waals surface area contributed by atoms with E-state index in [1.165, 1.54) is 0 Å². The Kier molecular flexibility index (Phi) is 32.6. The second-order valence-corrected chi connectivity index (χ2v) is 8.01. The molecular weight excluding hydrogens is 434 g/mol. The molecule has 1 aliphatic heterocycles. The Balaban J connectivity index is -0.000000175. The number of carbonyl (C=O) groups excluding carboxylic acids is 4. The Hall–Kier alpha value is -2.44. The van der Waals surface area contributed by atoms with Gasteiger partial charge in [-0.15, -0.1) is 0 Å². The molecule has 0 radical (unpaired) electrons. The van der Waals surface area contributed by atoms with E-state index < -0.39 is 0 Å². The van der Waals surface area contributed by atoms with Crippen molar-refractivity contribution in [2.45, 2.75) is 113 Å². The van der Waals surface area contributed by atoms with Crippen LogP contribution >= 0.6 is 0 Å². The number of allylic oxidation sites excluding steroid dienone is 3. The van der Waals surface area contributed by atoms with E-state index in [1.807, 2.05) is 61.7 Å². The number of nitrogens with zero attached hydrogens (tertiary/aromatic N) is 1. The molecule has 0 bridgehead atoms. The maximum Gasteiger partial charge on any atom is 0.293 e. The lowest BCUT2D eigenvalue weighted by Crippen LogP contribution is -2.31. The van der Waals surface area contributed by atoms with Gasteiger partial charge in [-0.1, -0.05) is 47.6 Å². The van der Waals surface area contributed by atoms with Crippen molar-refractivity contribution in [1.82, 2.24) is 4.90 Å². The molecule has 1 heterocycles. The van der Waals surface area contributed by atoms with Crippen LogP contribution in [0, 0.1) is 5.92 Å². The highest BCUT2D eigenvalue weighted by molar-refractivity contribution is 5.90. The fourth-order valence-corrected chi connectivity index (χ4v) is 2.16. The van der Waals surface area contributed by atoms with Crippen molar-refractivity contribution in [3.63, 3.8) is 0 Å². The van der Waals surface area contributed by atoms with Crippen LogP contribution < -0.4 is 0 Å². The highest BCUT2D eigenvalue weighted by Crippen LogP contribution is 2.12. The third-order valence-electron chi connectivity index (χ3n) is 4.13. The molecule has 0 saturated carbocycles. The first kappa shape index (κ1) is 38.8. The summed E-state index contributed by atoms with van der Waals surface area (Å²) in [5, 5.41) is 0. The van der Waals surface area contributed by atoms with Crippen molar-refractivity contribution in [3.05, 3.63) is 24.4 Å². The van der Waals surface area contributed by atoms with Crippen molar-refractivity contribution >= 4 is 24.5 Å². The third-order valence-corrected chi connectivity index (χ3v) is 4.13. The second-order valence-electron chi connectivity index (χ2n) is 8.01. The minimum Gasteiger partial charge on any atom is -0.465 e. The van der Waals surface area contributed by atoms with Crippen molar-refractivity contribution in [3.8, 4) is 0 Å². The average molecular weight is 486 g/mol. The molecule has 2 atom stereocenters. The lowest BCUT2D eigenvalue weighted by atomic mass is 10.0. The van der Waals surface area contributed by atoms with Gasteiger partial charge in [0.15, 0.2) is 11.6 Å². The first-order valence-corrected chi connectivity index (χ1v) is 12.2. The van der Waals surface area contributed by atoms with Gasteiger partial charge in [0.1, 0.15) is 0 Å². The predicted molar refractivity (Wildman–Crippen MR) is 140 cm³/mol. The molecule has 0 aromatic heterocycles. The van der Waals surface area contributed by atoms with E-state index >= 15 is 0 Å². The van der Waals surface area contributed by atoms with E-state index in [9.17, 15) is 19.2 Å². The largest absolute Gasteiger partial charge is 0.465 e. The molecule has 1 aliphatic rings.